The lowest BCUT2D eigenvalue weighted by atomic mass is 9.85. The molecule has 0 saturated carbocycles. The molecule has 19 heavy (non-hydrogen) atoms. The lowest BCUT2D eigenvalue weighted by molar-refractivity contribution is 0.309. The summed E-state index contributed by atoms with van der Waals surface area (Å²) >= 11 is 0. The predicted octanol–water partition coefficient (Wildman–Crippen LogP) is 2.47. The fraction of sp³-hybridized carbons (Fsp3) is 0.500. The Morgan fingerprint density at radius 3 is 2.53 bits per heavy atom. The summed E-state index contributed by atoms with van der Waals surface area (Å²) in [5, 5.41) is 17.5. The molecule has 1 unspecified atom stereocenters. The number of aromatic amines is 1. The van der Waals surface area contributed by atoms with Gasteiger partial charge in [-0.3, -0.25) is 0 Å². The van der Waals surface area contributed by atoms with Crippen LogP contribution in [-0.4, -0.2) is 20.6 Å². The highest BCUT2D eigenvalue weighted by Crippen LogP contribution is 2.29. The molecule has 1 atom stereocenters. The number of tetrazole rings is 1. The molecule has 2 aromatic rings. The number of H-pyrrole nitrogens is 1. The first-order valence-electron chi connectivity index (χ1n) is 6.55. The van der Waals surface area contributed by atoms with Crippen molar-refractivity contribution in [3.63, 3.8) is 0 Å². The van der Waals surface area contributed by atoms with Gasteiger partial charge in [0.2, 0.25) is 0 Å². The summed E-state index contributed by atoms with van der Waals surface area (Å²) in [5.41, 5.74) is 1.55. The van der Waals surface area contributed by atoms with E-state index < -0.39 is 0 Å². The standard InChI is InChI=1S/C14H21N5/c1-14(2,3)9-12(11-7-5-4-6-8-11)15-10-13-16-18-19-17-13/h4-8,12,15H,9-10H2,1-3H3,(H,16,17,18,19). The maximum atomic E-state index is 3.97. The molecule has 0 aliphatic carbocycles. The average molecular weight is 259 g/mol. The van der Waals surface area contributed by atoms with Gasteiger partial charge in [-0.1, -0.05) is 56.3 Å². The van der Waals surface area contributed by atoms with Crippen LogP contribution >= 0.6 is 0 Å². The Bertz CT molecular complexity index is 472. The van der Waals surface area contributed by atoms with Crippen molar-refractivity contribution in [2.24, 2.45) is 5.41 Å². The normalized spacial score (nSPS) is 13.4. The van der Waals surface area contributed by atoms with Crippen LogP contribution in [0.3, 0.4) is 0 Å². The number of nitrogens with one attached hydrogen (secondary N) is 2. The van der Waals surface area contributed by atoms with Gasteiger partial charge in [0.1, 0.15) is 0 Å². The Labute approximate surface area is 113 Å². The highest BCUT2D eigenvalue weighted by molar-refractivity contribution is 5.19. The van der Waals surface area contributed by atoms with Gasteiger partial charge in [0.05, 0.1) is 6.54 Å². The molecule has 2 rings (SSSR count). The van der Waals surface area contributed by atoms with E-state index in [1.54, 1.807) is 0 Å². The van der Waals surface area contributed by atoms with Gasteiger partial charge in [0, 0.05) is 6.04 Å². The van der Waals surface area contributed by atoms with E-state index in [0.717, 1.165) is 6.42 Å². The van der Waals surface area contributed by atoms with Crippen molar-refractivity contribution in [1.29, 1.82) is 0 Å². The highest BCUT2D eigenvalue weighted by Gasteiger charge is 2.20. The van der Waals surface area contributed by atoms with Crippen molar-refractivity contribution in [1.82, 2.24) is 25.9 Å². The Balaban J connectivity index is 2.06. The lowest BCUT2D eigenvalue weighted by Crippen LogP contribution is -2.26. The van der Waals surface area contributed by atoms with Crippen LogP contribution in [0.5, 0.6) is 0 Å². The Morgan fingerprint density at radius 2 is 1.95 bits per heavy atom. The molecule has 0 saturated heterocycles. The average Bonchev–Trinajstić information content (AvgIpc) is 2.87. The van der Waals surface area contributed by atoms with E-state index in [0.29, 0.717) is 18.4 Å². The zero-order valence-electron chi connectivity index (χ0n) is 11.7. The summed E-state index contributed by atoms with van der Waals surface area (Å²) in [5.74, 6) is 0.690. The van der Waals surface area contributed by atoms with E-state index in [2.05, 4.69) is 71.0 Å². The first-order chi connectivity index (χ1) is 9.04. The summed E-state index contributed by atoms with van der Waals surface area (Å²) in [4.78, 5) is 0. The van der Waals surface area contributed by atoms with E-state index in [-0.39, 0.29) is 5.41 Å². The Kier molecular flexibility index (Phi) is 4.27. The second-order valence-electron chi connectivity index (χ2n) is 5.94. The largest absolute Gasteiger partial charge is 0.303 e. The van der Waals surface area contributed by atoms with E-state index in [1.807, 2.05) is 6.07 Å². The first kappa shape index (κ1) is 13.7. The maximum Gasteiger partial charge on any atom is 0.188 e. The van der Waals surface area contributed by atoms with Crippen LogP contribution in [0.2, 0.25) is 0 Å². The van der Waals surface area contributed by atoms with Crippen LogP contribution in [0.15, 0.2) is 30.3 Å². The second kappa shape index (κ2) is 5.93. The summed E-state index contributed by atoms with van der Waals surface area (Å²) in [6.45, 7) is 7.36. The smallest absolute Gasteiger partial charge is 0.188 e. The van der Waals surface area contributed by atoms with Gasteiger partial charge >= 0.3 is 0 Å². The molecule has 0 spiro atoms. The topological polar surface area (TPSA) is 66.5 Å². The molecule has 1 aromatic heterocycles. The molecule has 0 radical (unpaired) electrons. The fourth-order valence-corrected chi connectivity index (χ4v) is 2.08. The van der Waals surface area contributed by atoms with Gasteiger partial charge < -0.3 is 5.32 Å². The van der Waals surface area contributed by atoms with E-state index in [4.69, 9.17) is 0 Å². The van der Waals surface area contributed by atoms with Crippen LogP contribution < -0.4 is 5.32 Å². The molecule has 2 N–H and O–H groups in total. The summed E-state index contributed by atoms with van der Waals surface area (Å²) in [6.07, 6.45) is 1.05. The quantitative estimate of drug-likeness (QED) is 0.865. The van der Waals surface area contributed by atoms with E-state index >= 15 is 0 Å². The van der Waals surface area contributed by atoms with Crippen LogP contribution in [0.25, 0.3) is 0 Å². The molecule has 0 bridgehead atoms. The third-order valence-electron chi connectivity index (χ3n) is 2.91. The number of hydrogen-bond acceptors (Lipinski definition) is 4. The van der Waals surface area contributed by atoms with Gasteiger partial charge in [-0.2, -0.15) is 5.21 Å². The van der Waals surface area contributed by atoms with Crippen molar-refractivity contribution in [2.45, 2.75) is 39.8 Å². The Hall–Kier alpha value is -1.75. The number of aromatic nitrogens is 4. The maximum absolute atomic E-state index is 3.97. The van der Waals surface area contributed by atoms with Crippen molar-refractivity contribution in [3.8, 4) is 0 Å². The van der Waals surface area contributed by atoms with E-state index in [9.17, 15) is 0 Å². The minimum Gasteiger partial charge on any atom is -0.303 e. The van der Waals surface area contributed by atoms with Crippen molar-refractivity contribution in [3.05, 3.63) is 41.7 Å². The van der Waals surface area contributed by atoms with Gasteiger partial charge in [-0.05, 0) is 17.4 Å². The summed E-state index contributed by atoms with van der Waals surface area (Å²) in [7, 11) is 0. The summed E-state index contributed by atoms with van der Waals surface area (Å²) in [6, 6.07) is 10.8. The Morgan fingerprint density at radius 1 is 1.21 bits per heavy atom. The molecule has 102 valence electrons. The van der Waals surface area contributed by atoms with Gasteiger partial charge in [-0.25, -0.2) is 0 Å². The lowest BCUT2D eigenvalue weighted by Gasteiger charge is -2.27. The minimum atomic E-state index is 0.255. The van der Waals surface area contributed by atoms with Crippen LogP contribution in [0, 0.1) is 5.41 Å². The highest BCUT2D eigenvalue weighted by atomic mass is 15.5. The zero-order valence-corrected chi connectivity index (χ0v) is 11.7. The molecule has 5 heteroatoms. The fourth-order valence-electron chi connectivity index (χ4n) is 2.08. The van der Waals surface area contributed by atoms with Crippen molar-refractivity contribution >= 4 is 0 Å². The number of benzene rings is 1. The number of hydrogen-bond donors (Lipinski definition) is 2. The van der Waals surface area contributed by atoms with Crippen molar-refractivity contribution in [2.75, 3.05) is 0 Å². The summed E-state index contributed by atoms with van der Waals surface area (Å²) < 4.78 is 0. The number of rotatable bonds is 5. The second-order valence-corrected chi connectivity index (χ2v) is 5.94. The molecule has 5 nitrogen and oxygen atoms in total. The third kappa shape index (κ3) is 4.44. The monoisotopic (exact) mass is 259 g/mol. The zero-order chi connectivity index (χ0) is 13.7. The molecule has 1 aromatic carbocycles. The molecule has 0 fully saturated rings. The van der Waals surface area contributed by atoms with Crippen LogP contribution in [0.4, 0.5) is 0 Å². The first-order valence-corrected chi connectivity index (χ1v) is 6.55. The molecule has 1 heterocycles. The van der Waals surface area contributed by atoms with Gasteiger partial charge in [0.15, 0.2) is 5.82 Å². The van der Waals surface area contributed by atoms with E-state index in [1.165, 1.54) is 5.56 Å². The third-order valence-corrected chi connectivity index (χ3v) is 2.91. The molecule has 0 amide bonds. The van der Waals surface area contributed by atoms with Crippen LogP contribution in [-0.2, 0) is 6.54 Å². The molecule has 0 aliphatic heterocycles. The minimum absolute atomic E-state index is 0.255. The predicted molar refractivity (Wildman–Crippen MR) is 74.3 cm³/mol. The van der Waals surface area contributed by atoms with Gasteiger partial charge in [-0.15, -0.1) is 10.2 Å². The SMILES string of the molecule is CC(C)(C)CC(NCc1nn[nH]n1)c1ccccc1. The van der Waals surface area contributed by atoms with Crippen molar-refractivity contribution < 1.29 is 0 Å². The molecular formula is C14H21N5. The molecule has 0 aliphatic rings. The van der Waals surface area contributed by atoms with Crippen LogP contribution in [0.1, 0.15) is 44.6 Å². The molecular weight excluding hydrogens is 238 g/mol. The number of nitrogens with zero attached hydrogens (tertiary/aromatic N) is 3. The van der Waals surface area contributed by atoms with Gasteiger partial charge in [0.25, 0.3) is 0 Å².